The lowest BCUT2D eigenvalue weighted by atomic mass is 10.1. The molecule has 0 saturated heterocycles. The zero-order valence-corrected chi connectivity index (χ0v) is 19.1. The number of alkyl halides is 3. The Bertz CT molecular complexity index is 1230. The summed E-state index contributed by atoms with van der Waals surface area (Å²) in [6.45, 7) is 1.10. The molecule has 0 atom stereocenters. The van der Waals surface area contributed by atoms with E-state index >= 15 is 0 Å². The maximum absolute atomic E-state index is 13.4. The summed E-state index contributed by atoms with van der Waals surface area (Å²) >= 11 is 6.12. The molecule has 0 N–H and O–H groups in total. The minimum Gasteiger partial charge on any atom is -0.298 e. The smallest absolute Gasteiger partial charge is 0.298 e. The standard InChI is InChI=1S/C23H20ClF3N2O3S/c1-16-2-7-20(8-3-16)33(31,32)29(15-19(30)6-4-17-10-12-28-13-11-17)22-14-18(23(25,26)27)5-9-21(22)24/h2-3,5,7-14H,4,6,15H2,1H3. The number of ketones is 1. The molecule has 0 aliphatic rings. The van der Waals surface area contributed by atoms with E-state index in [9.17, 15) is 26.4 Å². The van der Waals surface area contributed by atoms with Crippen LogP contribution in [0.5, 0.6) is 0 Å². The van der Waals surface area contributed by atoms with Gasteiger partial charge in [0.05, 0.1) is 27.7 Å². The topological polar surface area (TPSA) is 67.3 Å². The molecular formula is C23H20ClF3N2O3S. The fraction of sp³-hybridized carbons (Fsp3) is 0.217. The predicted octanol–water partition coefficient (Wildman–Crippen LogP) is 5.46. The van der Waals surface area contributed by atoms with Gasteiger partial charge in [0, 0.05) is 18.8 Å². The molecule has 3 rings (SSSR count). The number of aromatic nitrogens is 1. The molecule has 10 heteroatoms. The summed E-state index contributed by atoms with van der Waals surface area (Å²) < 4.78 is 67.4. The maximum Gasteiger partial charge on any atom is 0.416 e. The Morgan fingerprint density at radius 2 is 1.67 bits per heavy atom. The molecule has 0 unspecified atom stereocenters. The first kappa shape index (κ1) is 24.7. The molecule has 33 heavy (non-hydrogen) atoms. The Morgan fingerprint density at radius 1 is 1.03 bits per heavy atom. The first-order chi connectivity index (χ1) is 15.5. The van der Waals surface area contributed by atoms with Crippen LogP contribution in [0.3, 0.4) is 0 Å². The molecule has 0 spiro atoms. The van der Waals surface area contributed by atoms with Crippen LogP contribution in [-0.4, -0.2) is 25.7 Å². The van der Waals surface area contributed by atoms with Crippen molar-refractivity contribution in [2.24, 2.45) is 0 Å². The highest BCUT2D eigenvalue weighted by molar-refractivity contribution is 7.92. The minimum absolute atomic E-state index is 0.0134. The van der Waals surface area contributed by atoms with Gasteiger partial charge < -0.3 is 0 Å². The molecule has 1 heterocycles. The molecule has 0 aliphatic heterocycles. The highest BCUT2D eigenvalue weighted by Gasteiger charge is 2.34. The number of carbonyl (C=O) groups is 1. The lowest BCUT2D eigenvalue weighted by molar-refractivity contribution is -0.137. The van der Waals surface area contributed by atoms with Crippen LogP contribution in [-0.2, 0) is 27.4 Å². The summed E-state index contributed by atoms with van der Waals surface area (Å²) in [7, 11) is -4.38. The van der Waals surface area contributed by atoms with Gasteiger partial charge in [0.2, 0.25) is 0 Å². The molecule has 0 aliphatic carbocycles. The third-order valence-corrected chi connectivity index (χ3v) is 7.01. The Kier molecular flexibility index (Phi) is 7.44. The molecular weight excluding hydrogens is 477 g/mol. The SMILES string of the molecule is Cc1ccc(S(=O)(=O)N(CC(=O)CCc2ccncc2)c2cc(C(F)(F)F)ccc2Cl)cc1. The highest BCUT2D eigenvalue weighted by Crippen LogP contribution is 2.37. The molecule has 3 aromatic rings. The van der Waals surface area contributed by atoms with Crippen LogP contribution in [0.1, 0.15) is 23.1 Å². The first-order valence-electron chi connectivity index (χ1n) is 9.85. The number of benzene rings is 2. The van der Waals surface area contributed by atoms with Gasteiger partial charge >= 0.3 is 6.18 Å². The average molecular weight is 497 g/mol. The van der Waals surface area contributed by atoms with Gasteiger partial charge in [-0.05, 0) is 61.4 Å². The van der Waals surface area contributed by atoms with E-state index in [0.717, 1.165) is 23.3 Å². The number of hydrogen-bond donors (Lipinski definition) is 0. The fourth-order valence-corrected chi connectivity index (χ4v) is 4.82. The molecule has 0 fully saturated rings. The van der Waals surface area contributed by atoms with E-state index in [4.69, 9.17) is 11.6 Å². The van der Waals surface area contributed by atoms with E-state index in [2.05, 4.69) is 4.98 Å². The summed E-state index contributed by atoms with van der Waals surface area (Å²) in [6, 6.07) is 11.6. The first-order valence-corrected chi connectivity index (χ1v) is 11.7. The number of pyridine rings is 1. The maximum atomic E-state index is 13.4. The zero-order chi connectivity index (χ0) is 24.2. The van der Waals surface area contributed by atoms with Crippen LogP contribution in [0.15, 0.2) is 71.9 Å². The summed E-state index contributed by atoms with van der Waals surface area (Å²) in [4.78, 5) is 16.5. The van der Waals surface area contributed by atoms with E-state index in [1.165, 1.54) is 12.1 Å². The van der Waals surface area contributed by atoms with E-state index < -0.39 is 39.8 Å². The predicted molar refractivity (Wildman–Crippen MR) is 120 cm³/mol. The van der Waals surface area contributed by atoms with Crippen molar-refractivity contribution >= 4 is 33.1 Å². The van der Waals surface area contributed by atoms with Gasteiger partial charge in [-0.15, -0.1) is 0 Å². The second-order valence-corrected chi connectivity index (χ2v) is 9.65. The number of Topliss-reactive ketones (excluding diaryl/α,β-unsaturated/α-hetero) is 1. The van der Waals surface area contributed by atoms with Gasteiger partial charge in [-0.25, -0.2) is 8.42 Å². The summed E-state index contributed by atoms with van der Waals surface area (Å²) in [6.07, 6.45) is -1.27. The third kappa shape index (κ3) is 6.11. The quantitative estimate of drug-likeness (QED) is 0.415. The Morgan fingerprint density at radius 3 is 2.27 bits per heavy atom. The number of nitrogens with zero attached hydrogens (tertiary/aromatic N) is 2. The largest absolute Gasteiger partial charge is 0.416 e. The van der Waals surface area contributed by atoms with E-state index in [0.29, 0.717) is 16.8 Å². The lowest BCUT2D eigenvalue weighted by Gasteiger charge is -2.26. The van der Waals surface area contributed by atoms with E-state index in [1.807, 2.05) is 0 Å². The normalized spacial score (nSPS) is 11.9. The number of hydrogen-bond acceptors (Lipinski definition) is 4. The number of aryl methyl sites for hydroxylation is 2. The molecule has 0 bridgehead atoms. The van der Waals surface area contributed by atoms with Crippen LogP contribution in [0.4, 0.5) is 18.9 Å². The van der Waals surface area contributed by atoms with Crippen LogP contribution in [0.25, 0.3) is 0 Å². The summed E-state index contributed by atoms with van der Waals surface area (Å²) in [5.74, 6) is -0.476. The van der Waals surface area contributed by atoms with Crippen LogP contribution < -0.4 is 4.31 Å². The minimum atomic E-state index is -4.72. The fourth-order valence-electron chi connectivity index (χ4n) is 3.09. The van der Waals surface area contributed by atoms with E-state index in [1.54, 1.807) is 43.6 Å². The Hall–Kier alpha value is -2.91. The van der Waals surface area contributed by atoms with Gasteiger partial charge in [0.25, 0.3) is 10.0 Å². The molecule has 174 valence electrons. The zero-order valence-electron chi connectivity index (χ0n) is 17.5. The van der Waals surface area contributed by atoms with Crippen LogP contribution in [0, 0.1) is 6.92 Å². The average Bonchev–Trinajstić information content (AvgIpc) is 2.77. The molecule has 5 nitrogen and oxygen atoms in total. The second kappa shape index (κ2) is 9.93. The van der Waals surface area contributed by atoms with Crippen molar-refractivity contribution in [3.63, 3.8) is 0 Å². The summed E-state index contributed by atoms with van der Waals surface area (Å²) in [5, 5.41) is -0.222. The van der Waals surface area contributed by atoms with E-state index in [-0.39, 0.29) is 16.3 Å². The highest BCUT2D eigenvalue weighted by atomic mass is 35.5. The number of anilines is 1. The van der Waals surface area contributed by atoms with Crippen molar-refractivity contribution in [3.8, 4) is 0 Å². The van der Waals surface area contributed by atoms with Gasteiger partial charge in [-0.3, -0.25) is 14.1 Å². The lowest BCUT2D eigenvalue weighted by Crippen LogP contribution is -2.36. The second-order valence-electron chi connectivity index (χ2n) is 7.38. The van der Waals surface area contributed by atoms with Crippen molar-refractivity contribution in [2.75, 3.05) is 10.8 Å². The summed E-state index contributed by atoms with van der Waals surface area (Å²) in [5.41, 5.74) is 0.133. The third-order valence-electron chi connectivity index (χ3n) is 4.91. The molecule has 0 radical (unpaired) electrons. The molecule has 0 amide bonds. The van der Waals surface area contributed by atoms with Gasteiger partial charge in [0.15, 0.2) is 5.78 Å². The molecule has 1 aromatic heterocycles. The van der Waals surface area contributed by atoms with Crippen LogP contribution in [0.2, 0.25) is 5.02 Å². The van der Waals surface area contributed by atoms with Crippen molar-refractivity contribution in [2.45, 2.75) is 30.8 Å². The van der Waals surface area contributed by atoms with Crippen molar-refractivity contribution in [1.29, 1.82) is 0 Å². The van der Waals surface area contributed by atoms with Gasteiger partial charge in [-0.2, -0.15) is 13.2 Å². The number of sulfonamides is 1. The number of halogens is 4. The van der Waals surface area contributed by atoms with Gasteiger partial charge in [0.1, 0.15) is 0 Å². The van der Waals surface area contributed by atoms with Gasteiger partial charge in [-0.1, -0.05) is 29.3 Å². The molecule has 2 aromatic carbocycles. The molecule has 0 saturated carbocycles. The van der Waals surface area contributed by atoms with Crippen molar-refractivity contribution < 1.29 is 26.4 Å². The van der Waals surface area contributed by atoms with Crippen molar-refractivity contribution in [3.05, 3.63) is 88.7 Å². The Balaban J connectivity index is 2.00. The Labute approximate surface area is 194 Å². The number of carbonyl (C=O) groups excluding carboxylic acids is 1. The van der Waals surface area contributed by atoms with Crippen molar-refractivity contribution in [1.82, 2.24) is 4.98 Å². The monoisotopic (exact) mass is 496 g/mol. The van der Waals surface area contributed by atoms with Crippen LogP contribution >= 0.6 is 11.6 Å². The number of rotatable bonds is 8.